The van der Waals surface area contributed by atoms with Crippen molar-refractivity contribution in [2.45, 2.75) is 13.5 Å². The van der Waals surface area contributed by atoms with Crippen LogP contribution in [-0.2, 0) is 6.54 Å². The molecular weight excluding hydrogens is 248 g/mol. The summed E-state index contributed by atoms with van der Waals surface area (Å²) in [5.74, 6) is 1.61. The summed E-state index contributed by atoms with van der Waals surface area (Å²) in [6, 6.07) is 16.1. The molecular formula is C17H16N2O. The van der Waals surface area contributed by atoms with Crippen LogP contribution in [0.5, 0.6) is 11.5 Å². The fourth-order valence-corrected chi connectivity index (χ4v) is 2.21. The maximum absolute atomic E-state index is 6.07. The van der Waals surface area contributed by atoms with Crippen LogP contribution in [-0.4, -0.2) is 4.98 Å². The lowest BCUT2D eigenvalue weighted by atomic mass is 10.1. The van der Waals surface area contributed by atoms with Crippen LogP contribution in [0.3, 0.4) is 0 Å². The van der Waals surface area contributed by atoms with Gasteiger partial charge in [0.2, 0.25) is 0 Å². The van der Waals surface area contributed by atoms with Gasteiger partial charge in [-0.2, -0.15) is 0 Å². The SMILES string of the molecule is Cc1cc(Oc2cccc3ccccc23)c(CN)cn1. The molecule has 20 heavy (non-hydrogen) atoms. The highest BCUT2D eigenvalue weighted by Crippen LogP contribution is 2.31. The average Bonchev–Trinajstić information content (AvgIpc) is 2.48. The molecule has 0 aliphatic heterocycles. The molecule has 0 radical (unpaired) electrons. The lowest BCUT2D eigenvalue weighted by molar-refractivity contribution is 0.480. The highest BCUT2D eigenvalue weighted by atomic mass is 16.5. The molecule has 0 aliphatic carbocycles. The summed E-state index contributed by atoms with van der Waals surface area (Å²) in [5, 5.41) is 2.25. The van der Waals surface area contributed by atoms with Crippen molar-refractivity contribution < 1.29 is 4.74 Å². The van der Waals surface area contributed by atoms with E-state index in [0.717, 1.165) is 33.5 Å². The Hall–Kier alpha value is -2.39. The monoisotopic (exact) mass is 264 g/mol. The summed E-state index contributed by atoms with van der Waals surface area (Å²) in [6.45, 7) is 2.35. The number of nitrogens with zero attached hydrogens (tertiary/aromatic N) is 1. The summed E-state index contributed by atoms with van der Waals surface area (Å²) >= 11 is 0. The van der Waals surface area contributed by atoms with Crippen molar-refractivity contribution in [3.63, 3.8) is 0 Å². The summed E-state index contributed by atoms with van der Waals surface area (Å²) in [4.78, 5) is 4.25. The van der Waals surface area contributed by atoms with Crippen LogP contribution >= 0.6 is 0 Å². The molecule has 3 aromatic rings. The van der Waals surface area contributed by atoms with Crippen LogP contribution in [0.1, 0.15) is 11.3 Å². The van der Waals surface area contributed by atoms with Gasteiger partial charge in [0.1, 0.15) is 11.5 Å². The van der Waals surface area contributed by atoms with Gasteiger partial charge in [-0.3, -0.25) is 4.98 Å². The van der Waals surface area contributed by atoms with E-state index in [1.165, 1.54) is 0 Å². The van der Waals surface area contributed by atoms with E-state index < -0.39 is 0 Å². The molecule has 0 amide bonds. The molecule has 3 rings (SSSR count). The zero-order valence-corrected chi connectivity index (χ0v) is 11.3. The van der Waals surface area contributed by atoms with Crippen molar-refractivity contribution in [1.29, 1.82) is 0 Å². The predicted molar refractivity (Wildman–Crippen MR) is 80.9 cm³/mol. The van der Waals surface area contributed by atoms with Crippen LogP contribution in [0.4, 0.5) is 0 Å². The van der Waals surface area contributed by atoms with Gasteiger partial charge in [-0.25, -0.2) is 0 Å². The molecule has 3 heteroatoms. The van der Waals surface area contributed by atoms with Crippen molar-refractivity contribution in [3.8, 4) is 11.5 Å². The van der Waals surface area contributed by atoms with Crippen molar-refractivity contribution in [2.24, 2.45) is 5.73 Å². The molecule has 1 aromatic heterocycles. The molecule has 100 valence electrons. The number of benzene rings is 2. The average molecular weight is 264 g/mol. The predicted octanol–water partition coefficient (Wildman–Crippen LogP) is 3.79. The lowest BCUT2D eigenvalue weighted by Gasteiger charge is -2.12. The first kappa shape index (κ1) is 12.6. The number of nitrogens with two attached hydrogens (primary N) is 1. The normalized spacial score (nSPS) is 10.7. The van der Waals surface area contributed by atoms with Gasteiger partial charge >= 0.3 is 0 Å². The van der Waals surface area contributed by atoms with E-state index in [1.54, 1.807) is 6.20 Å². The first-order valence-electron chi connectivity index (χ1n) is 6.59. The first-order chi connectivity index (χ1) is 9.78. The standard InChI is InChI=1S/C17H16N2O/c1-12-9-17(14(10-18)11-19-12)20-16-8-4-6-13-5-2-3-7-15(13)16/h2-9,11H,10,18H2,1H3. The highest BCUT2D eigenvalue weighted by Gasteiger charge is 2.07. The molecule has 1 heterocycles. The number of pyridine rings is 1. The number of rotatable bonds is 3. The van der Waals surface area contributed by atoms with Gasteiger partial charge in [-0.1, -0.05) is 36.4 Å². The molecule has 0 aliphatic rings. The summed E-state index contributed by atoms with van der Waals surface area (Å²) < 4.78 is 6.07. The Bertz CT molecular complexity index is 748. The molecule has 0 fully saturated rings. The first-order valence-corrected chi connectivity index (χ1v) is 6.59. The summed E-state index contributed by atoms with van der Waals surface area (Å²) in [5.41, 5.74) is 7.57. The number of hydrogen-bond acceptors (Lipinski definition) is 3. The molecule has 0 spiro atoms. The quantitative estimate of drug-likeness (QED) is 0.782. The number of aromatic nitrogens is 1. The zero-order chi connectivity index (χ0) is 13.9. The van der Waals surface area contributed by atoms with Gasteiger partial charge in [0.05, 0.1) is 0 Å². The smallest absolute Gasteiger partial charge is 0.135 e. The van der Waals surface area contributed by atoms with E-state index in [1.807, 2.05) is 37.3 Å². The third kappa shape index (κ3) is 2.36. The molecule has 0 bridgehead atoms. The van der Waals surface area contributed by atoms with E-state index >= 15 is 0 Å². The number of hydrogen-bond donors (Lipinski definition) is 1. The minimum Gasteiger partial charge on any atom is -0.456 e. The van der Waals surface area contributed by atoms with Gasteiger partial charge in [0.25, 0.3) is 0 Å². The number of aryl methyl sites for hydroxylation is 1. The van der Waals surface area contributed by atoms with Gasteiger partial charge < -0.3 is 10.5 Å². The fraction of sp³-hybridized carbons (Fsp3) is 0.118. The minimum absolute atomic E-state index is 0.410. The van der Waals surface area contributed by atoms with E-state index in [-0.39, 0.29) is 0 Å². The summed E-state index contributed by atoms with van der Waals surface area (Å²) in [6.07, 6.45) is 1.77. The van der Waals surface area contributed by atoms with E-state index in [4.69, 9.17) is 10.5 Å². The molecule has 2 N–H and O–H groups in total. The second-order valence-corrected chi connectivity index (χ2v) is 4.72. The van der Waals surface area contributed by atoms with E-state index in [0.29, 0.717) is 6.54 Å². The van der Waals surface area contributed by atoms with Crippen molar-refractivity contribution >= 4 is 10.8 Å². The molecule has 3 nitrogen and oxygen atoms in total. The van der Waals surface area contributed by atoms with Crippen LogP contribution < -0.4 is 10.5 Å². The Balaban J connectivity index is 2.07. The number of ether oxygens (including phenoxy) is 1. The molecule has 0 atom stereocenters. The van der Waals surface area contributed by atoms with E-state index in [9.17, 15) is 0 Å². The second kappa shape index (κ2) is 5.31. The Morgan fingerprint density at radius 1 is 1.05 bits per heavy atom. The maximum atomic E-state index is 6.07. The molecule has 0 unspecified atom stereocenters. The Labute approximate surface area is 118 Å². The van der Waals surface area contributed by atoms with Crippen molar-refractivity contribution in [3.05, 3.63) is 66.0 Å². The van der Waals surface area contributed by atoms with Gasteiger partial charge in [-0.05, 0) is 18.4 Å². The van der Waals surface area contributed by atoms with Crippen LogP contribution in [0.15, 0.2) is 54.7 Å². The van der Waals surface area contributed by atoms with Crippen LogP contribution in [0, 0.1) is 6.92 Å². The highest BCUT2D eigenvalue weighted by molar-refractivity contribution is 5.88. The molecule has 2 aromatic carbocycles. The fourth-order valence-electron chi connectivity index (χ4n) is 2.21. The number of fused-ring (bicyclic) bond motifs is 1. The van der Waals surface area contributed by atoms with Gasteiger partial charge in [0.15, 0.2) is 0 Å². The lowest BCUT2D eigenvalue weighted by Crippen LogP contribution is -2.01. The van der Waals surface area contributed by atoms with Crippen molar-refractivity contribution in [2.75, 3.05) is 0 Å². The zero-order valence-electron chi connectivity index (χ0n) is 11.3. The third-order valence-electron chi connectivity index (χ3n) is 3.27. The Kier molecular flexibility index (Phi) is 3.35. The maximum Gasteiger partial charge on any atom is 0.135 e. The van der Waals surface area contributed by atoms with Gasteiger partial charge in [0, 0.05) is 35.5 Å². The molecule has 0 saturated carbocycles. The van der Waals surface area contributed by atoms with Gasteiger partial charge in [-0.15, -0.1) is 0 Å². The topological polar surface area (TPSA) is 48.1 Å². The van der Waals surface area contributed by atoms with E-state index in [2.05, 4.69) is 23.2 Å². The Morgan fingerprint density at radius 2 is 1.85 bits per heavy atom. The van der Waals surface area contributed by atoms with Crippen LogP contribution in [0.2, 0.25) is 0 Å². The largest absolute Gasteiger partial charge is 0.456 e. The Morgan fingerprint density at radius 3 is 2.70 bits per heavy atom. The minimum atomic E-state index is 0.410. The second-order valence-electron chi connectivity index (χ2n) is 4.72. The molecule has 0 saturated heterocycles. The third-order valence-corrected chi connectivity index (χ3v) is 3.27. The van der Waals surface area contributed by atoms with Crippen molar-refractivity contribution in [1.82, 2.24) is 4.98 Å². The summed E-state index contributed by atoms with van der Waals surface area (Å²) in [7, 11) is 0. The van der Waals surface area contributed by atoms with Crippen LogP contribution in [0.25, 0.3) is 10.8 Å².